The average Bonchev–Trinajstić information content (AvgIpc) is 3.52. The second kappa shape index (κ2) is 10.7. The van der Waals surface area contributed by atoms with Crippen LogP contribution in [-0.4, -0.2) is 74.7 Å². The molecule has 3 fully saturated rings. The number of alkyl halides is 7. The van der Waals surface area contributed by atoms with Crippen LogP contribution in [0.5, 0.6) is 0 Å². The fourth-order valence-corrected chi connectivity index (χ4v) is 6.09. The summed E-state index contributed by atoms with van der Waals surface area (Å²) < 4.78 is 97.2. The van der Waals surface area contributed by atoms with Crippen molar-refractivity contribution in [3.05, 3.63) is 28.5 Å². The first-order valence-electron chi connectivity index (χ1n) is 12.9. The van der Waals surface area contributed by atoms with Gasteiger partial charge in [-0.05, 0) is 44.6 Å². The molecule has 2 aliphatic carbocycles. The maximum atomic E-state index is 14.3. The largest absolute Gasteiger partial charge is 0.408 e. The van der Waals surface area contributed by atoms with Gasteiger partial charge in [0.2, 0.25) is 0 Å². The fraction of sp³-hybridized carbons (Fsp3) is 0.600. The monoisotopic (exact) mass is 609 g/mol. The highest BCUT2D eigenvalue weighted by atomic mass is 32.1. The average molecular weight is 610 g/mol. The third-order valence-corrected chi connectivity index (χ3v) is 8.51. The van der Waals surface area contributed by atoms with Crippen molar-refractivity contribution in [1.29, 1.82) is 0 Å². The van der Waals surface area contributed by atoms with E-state index in [2.05, 4.69) is 20.6 Å². The summed E-state index contributed by atoms with van der Waals surface area (Å²) >= 11 is 0.562. The summed E-state index contributed by atoms with van der Waals surface area (Å²) in [6, 6.07) is -2.53. The number of amides is 2. The van der Waals surface area contributed by atoms with Crippen molar-refractivity contribution in [2.45, 2.75) is 81.8 Å². The van der Waals surface area contributed by atoms with E-state index in [1.165, 1.54) is 6.92 Å². The summed E-state index contributed by atoms with van der Waals surface area (Å²) in [5, 5.41) is 14.0. The normalized spacial score (nSPS) is 24.7. The molecule has 5 rings (SSSR count). The van der Waals surface area contributed by atoms with Crippen LogP contribution in [-0.2, 0) is 0 Å². The summed E-state index contributed by atoms with van der Waals surface area (Å²) in [7, 11) is 0. The fourth-order valence-electron chi connectivity index (χ4n) is 5.09. The molecule has 8 nitrogen and oxygen atoms in total. The van der Waals surface area contributed by atoms with Crippen molar-refractivity contribution in [2.75, 3.05) is 11.9 Å². The van der Waals surface area contributed by atoms with Gasteiger partial charge < -0.3 is 20.6 Å². The van der Waals surface area contributed by atoms with Crippen molar-refractivity contribution in [3.8, 4) is 10.4 Å². The smallest absolute Gasteiger partial charge is 0.393 e. The van der Waals surface area contributed by atoms with Crippen LogP contribution in [0, 0.1) is 5.92 Å². The number of thiazole rings is 1. The number of carbonyl (C=O) groups is 2. The van der Waals surface area contributed by atoms with E-state index in [-0.39, 0.29) is 34.3 Å². The molecule has 2 amide bonds. The minimum absolute atomic E-state index is 0.250. The van der Waals surface area contributed by atoms with Crippen molar-refractivity contribution in [2.24, 2.45) is 5.92 Å². The van der Waals surface area contributed by atoms with E-state index in [1.807, 2.05) is 0 Å². The van der Waals surface area contributed by atoms with Crippen molar-refractivity contribution in [1.82, 2.24) is 20.2 Å². The summed E-state index contributed by atoms with van der Waals surface area (Å²) in [6.45, 7) is 0.457. The molecule has 3 aliphatic rings. The summed E-state index contributed by atoms with van der Waals surface area (Å²) in [5.74, 6) is -6.11. The SMILES string of the molecule is C[C@H]1CC(F)(F)CN1C(=O)c1nc(C(=O)NC2CC(O)C2)sc1-c1cnc(NC(C2CC2)C(F)(F)F)cc1C(F)F. The van der Waals surface area contributed by atoms with Gasteiger partial charge in [-0.25, -0.2) is 27.5 Å². The van der Waals surface area contributed by atoms with Gasteiger partial charge in [-0.2, -0.15) is 13.2 Å². The molecule has 0 bridgehead atoms. The summed E-state index contributed by atoms with van der Waals surface area (Å²) in [6.07, 6.45) is -7.02. The minimum Gasteiger partial charge on any atom is -0.393 e. The molecule has 2 atom stereocenters. The van der Waals surface area contributed by atoms with Crippen molar-refractivity contribution in [3.63, 3.8) is 0 Å². The maximum Gasteiger partial charge on any atom is 0.408 e. The molecule has 0 radical (unpaired) electrons. The Morgan fingerprint density at radius 1 is 1.22 bits per heavy atom. The maximum absolute atomic E-state index is 14.3. The molecule has 3 N–H and O–H groups in total. The topological polar surface area (TPSA) is 107 Å². The van der Waals surface area contributed by atoms with Crippen molar-refractivity contribution >= 4 is 29.0 Å². The zero-order valence-electron chi connectivity index (χ0n) is 21.5. The number of anilines is 1. The van der Waals surface area contributed by atoms with Crippen LogP contribution >= 0.6 is 11.3 Å². The molecule has 1 aliphatic heterocycles. The first kappa shape index (κ1) is 29.5. The van der Waals surface area contributed by atoms with Gasteiger partial charge in [-0.3, -0.25) is 9.59 Å². The molecule has 1 saturated heterocycles. The lowest BCUT2D eigenvalue weighted by Crippen LogP contribution is -2.46. The molecule has 0 spiro atoms. The Morgan fingerprint density at radius 3 is 2.44 bits per heavy atom. The summed E-state index contributed by atoms with van der Waals surface area (Å²) in [4.78, 5) is 34.8. The predicted molar refractivity (Wildman–Crippen MR) is 133 cm³/mol. The molecule has 0 aromatic carbocycles. The van der Waals surface area contributed by atoms with Gasteiger partial charge in [0, 0.05) is 35.8 Å². The van der Waals surface area contributed by atoms with E-state index in [4.69, 9.17) is 0 Å². The highest BCUT2D eigenvalue weighted by Gasteiger charge is 2.49. The second-order valence-electron chi connectivity index (χ2n) is 10.8. The van der Waals surface area contributed by atoms with E-state index in [9.17, 15) is 45.4 Å². The third kappa shape index (κ3) is 6.27. The number of likely N-dealkylation sites (tertiary alicyclic amines) is 1. The zero-order chi connectivity index (χ0) is 29.9. The van der Waals surface area contributed by atoms with Gasteiger partial charge in [0.15, 0.2) is 5.01 Å². The predicted octanol–water partition coefficient (Wildman–Crippen LogP) is 5.02. The standard InChI is InChI=1S/C25H26F7N5O3S/c1-10-7-24(28,29)9-37(10)23(40)17-18(41-22(36-17)21(39)34-12-4-13(38)5-12)15-8-33-16(6-14(15)20(26)27)35-19(11-2-3-11)25(30,31)32/h6,8,10-13,19-20,38H,2-5,7,9H2,1H3,(H,33,35)(H,34,39)/t10-,12?,13?,19?/m0/s1. The number of carbonyl (C=O) groups excluding carboxylic acids is 2. The number of aromatic nitrogens is 2. The number of nitrogens with one attached hydrogen (secondary N) is 2. The quantitative estimate of drug-likeness (QED) is 0.363. The number of halogens is 7. The van der Waals surface area contributed by atoms with E-state index < -0.39 is 84.5 Å². The summed E-state index contributed by atoms with van der Waals surface area (Å²) in [5.41, 5.74) is -1.65. The number of aliphatic hydroxyl groups excluding tert-OH is 1. The molecule has 2 aromatic heterocycles. The number of pyridine rings is 1. The van der Waals surface area contributed by atoms with Crippen LogP contribution in [0.25, 0.3) is 10.4 Å². The van der Waals surface area contributed by atoms with E-state index >= 15 is 0 Å². The Bertz CT molecular complexity index is 1330. The van der Waals surface area contributed by atoms with Gasteiger partial charge in [0.05, 0.1) is 17.5 Å². The number of rotatable bonds is 8. The van der Waals surface area contributed by atoms with Crippen LogP contribution in [0.1, 0.15) is 71.3 Å². The molecule has 1 unspecified atom stereocenters. The highest BCUT2D eigenvalue weighted by Crippen LogP contribution is 2.43. The molecule has 3 heterocycles. The first-order valence-corrected chi connectivity index (χ1v) is 13.7. The molecule has 224 valence electrons. The Kier molecular flexibility index (Phi) is 7.68. The second-order valence-corrected chi connectivity index (χ2v) is 11.8. The lowest BCUT2D eigenvalue weighted by Gasteiger charge is -2.31. The van der Waals surface area contributed by atoms with Crippen LogP contribution in [0.2, 0.25) is 0 Å². The Hall–Kier alpha value is -3.01. The Balaban J connectivity index is 1.52. The van der Waals surface area contributed by atoms with Gasteiger partial charge in [-0.15, -0.1) is 11.3 Å². The first-order chi connectivity index (χ1) is 19.1. The molecule has 2 saturated carbocycles. The molecule has 2 aromatic rings. The van der Waals surface area contributed by atoms with E-state index in [0.29, 0.717) is 24.2 Å². The third-order valence-electron chi connectivity index (χ3n) is 7.43. The molecule has 41 heavy (non-hydrogen) atoms. The van der Waals surface area contributed by atoms with Crippen LogP contribution in [0.15, 0.2) is 12.3 Å². The van der Waals surface area contributed by atoms with Gasteiger partial charge in [-0.1, -0.05) is 0 Å². The van der Waals surface area contributed by atoms with Crippen LogP contribution in [0.3, 0.4) is 0 Å². The van der Waals surface area contributed by atoms with Crippen LogP contribution < -0.4 is 10.6 Å². The number of hydrogen-bond donors (Lipinski definition) is 3. The Labute approximate surface area is 233 Å². The molecular weight excluding hydrogens is 583 g/mol. The van der Waals surface area contributed by atoms with Crippen molar-refractivity contribution < 1.29 is 45.4 Å². The number of hydrogen-bond acceptors (Lipinski definition) is 7. The number of aliphatic hydroxyl groups is 1. The lowest BCUT2D eigenvalue weighted by molar-refractivity contribution is -0.146. The molecular formula is C25H26F7N5O3S. The number of nitrogens with zero attached hydrogens (tertiary/aromatic N) is 3. The van der Waals surface area contributed by atoms with Gasteiger partial charge in [0.1, 0.15) is 17.6 Å². The van der Waals surface area contributed by atoms with Gasteiger partial charge in [0.25, 0.3) is 24.2 Å². The molecule has 16 heteroatoms. The van der Waals surface area contributed by atoms with E-state index in [1.54, 1.807) is 0 Å². The van der Waals surface area contributed by atoms with Crippen LogP contribution in [0.4, 0.5) is 36.6 Å². The van der Waals surface area contributed by atoms with Gasteiger partial charge >= 0.3 is 6.18 Å². The minimum atomic E-state index is -4.64. The lowest BCUT2D eigenvalue weighted by atomic mass is 9.89. The zero-order valence-corrected chi connectivity index (χ0v) is 22.3. The van der Waals surface area contributed by atoms with E-state index in [0.717, 1.165) is 17.2 Å². The Morgan fingerprint density at radius 2 is 1.90 bits per heavy atom. The highest BCUT2D eigenvalue weighted by molar-refractivity contribution is 7.17.